The Bertz CT molecular complexity index is 273. The third kappa shape index (κ3) is 3.71. The van der Waals surface area contributed by atoms with E-state index in [-0.39, 0.29) is 18.4 Å². The van der Waals surface area contributed by atoms with Gasteiger partial charge in [-0.25, -0.2) is 8.42 Å². The van der Waals surface area contributed by atoms with Gasteiger partial charge in [-0.05, 0) is 12.8 Å². The van der Waals surface area contributed by atoms with E-state index in [2.05, 4.69) is 0 Å². The zero-order valence-corrected chi connectivity index (χ0v) is 10.0. The lowest BCUT2D eigenvalue weighted by Crippen LogP contribution is -2.39. The molecule has 2 N–H and O–H groups in total. The Kier molecular flexibility index (Phi) is 4.98. The number of hydrogen-bond donors (Lipinski definition) is 1. The zero-order chi connectivity index (χ0) is 11.3. The first kappa shape index (κ1) is 12.9. The highest BCUT2D eigenvalue weighted by molar-refractivity contribution is 7.89. The van der Waals surface area contributed by atoms with Crippen LogP contribution < -0.4 is 5.73 Å². The standard InChI is InChI=1S/C9H20N2O3S/c1-2-11(15(12,13)7-5-10)8-9-4-3-6-14-9/h9H,2-8,10H2,1H3. The summed E-state index contributed by atoms with van der Waals surface area (Å²) in [5.74, 6) is 0.0214. The second kappa shape index (κ2) is 5.79. The van der Waals surface area contributed by atoms with Crippen molar-refractivity contribution in [1.82, 2.24) is 4.31 Å². The maximum absolute atomic E-state index is 11.7. The van der Waals surface area contributed by atoms with Crippen LogP contribution in [-0.2, 0) is 14.8 Å². The van der Waals surface area contributed by atoms with E-state index in [0.29, 0.717) is 13.1 Å². The normalized spacial score (nSPS) is 22.5. The molecule has 1 rings (SSSR count). The van der Waals surface area contributed by atoms with Crippen molar-refractivity contribution >= 4 is 10.0 Å². The number of sulfonamides is 1. The van der Waals surface area contributed by atoms with Crippen LogP contribution in [0.2, 0.25) is 0 Å². The van der Waals surface area contributed by atoms with E-state index in [1.807, 2.05) is 6.92 Å². The van der Waals surface area contributed by atoms with Crippen molar-refractivity contribution in [1.29, 1.82) is 0 Å². The summed E-state index contributed by atoms with van der Waals surface area (Å²) in [6.45, 7) is 3.72. The van der Waals surface area contributed by atoms with Crippen molar-refractivity contribution in [2.24, 2.45) is 5.73 Å². The van der Waals surface area contributed by atoms with Gasteiger partial charge in [0.15, 0.2) is 0 Å². The first-order chi connectivity index (χ1) is 7.10. The van der Waals surface area contributed by atoms with Crippen molar-refractivity contribution in [3.8, 4) is 0 Å². The molecule has 0 aromatic carbocycles. The van der Waals surface area contributed by atoms with Crippen molar-refractivity contribution in [3.63, 3.8) is 0 Å². The fourth-order valence-corrected chi connectivity index (χ4v) is 3.08. The third-order valence-electron chi connectivity index (χ3n) is 2.55. The van der Waals surface area contributed by atoms with Gasteiger partial charge in [-0.2, -0.15) is 4.31 Å². The summed E-state index contributed by atoms with van der Waals surface area (Å²) in [4.78, 5) is 0. The van der Waals surface area contributed by atoms with Gasteiger partial charge in [0, 0.05) is 26.2 Å². The molecule has 5 nitrogen and oxygen atoms in total. The summed E-state index contributed by atoms with van der Waals surface area (Å²) in [7, 11) is -3.18. The Balaban J connectivity index is 2.54. The predicted octanol–water partition coefficient (Wildman–Crippen LogP) is -0.224. The molecule has 1 atom stereocenters. The molecule has 0 aromatic heterocycles. The van der Waals surface area contributed by atoms with Crippen LogP contribution in [0, 0.1) is 0 Å². The Hall–Kier alpha value is -0.170. The summed E-state index contributed by atoms with van der Waals surface area (Å²) in [6, 6.07) is 0. The molecule has 0 bridgehead atoms. The molecule has 0 amide bonds. The monoisotopic (exact) mass is 236 g/mol. The van der Waals surface area contributed by atoms with Crippen LogP contribution in [0.3, 0.4) is 0 Å². The highest BCUT2D eigenvalue weighted by atomic mass is 32.2. The molecular weight excluding hydrogens is 216 g/mol. The molecule has 1 unspecified atom stereocenters. The van der Waals surface area contributed by atoms with Crippen LogP contribution in [0.5, 0.6) is 0 Å². The first-order valence-electron chi connectivity index (χ1n) is 5.39. The second-order valence-corrected chi connectivity index (χ2v) is 5.78. The number of likely N-dealkylation sites (N-methyl/N-ethyl adjacent to an activating group) is 1. The van der Waals surface area contributed by atoms with E-state index >= 15 is 0 Å². The van der Waals surface area contributed by atoms with Gasteiger partial charge >= 0.3 is 0 Å². The lowest BCUT2D eigenvalue weighted by atomic mass is 10.2. The molecule has 0 spiro atoms. The Morgan fingerprint density at radius 2 is 2.27 bits per heavy atom. The van der Waals surface area contributed by atoms with Gasteiger partial charge in [-0.3, -0.25) is 0 Å². The van der Waals surface area contributed by atoms with Crippen LogP contribution in [0.15, 0.2) is 0 Å². The van der Waals surface area contributed by atoms with Crippen molar-refractivity contribution in [2.45, 2.75) is 25.9 Å². The largest absolute Gasteiger partial charge is 0.377 e. The fraction of sp³-hybridized carbons (Fsp3) is 1.00. The van der Waals surface area contributed by atoms with E-state index in [1.54, 1.807) is 0 Å². The third-order valence-corrected chi connectivity index (χ3v) is 4.50. The number of rotatable bonds is 6. The van der Waals surface area contributed by atoms with Gasteiger partial charge in [0.1, 0.15) is 0 Å². The molecular formula is C9H20N2O3S. The van der Waals surface area contributed by atoms with Crippen LogP contribution in [-0.4, -0.2) is 50.8 Å². The summed E-state index contributed by atoms with van der Waals surface area (Å²) in [5.41, 5.74) is 5.28. The molecule has 1 heterocycles. The SMILES string of the molecule is CCN(CC1CCCO1)S(=O)(=O)CCN. The lowest BCUT2D eigenvalue weighted by molar-refractivity contribution is 0.0947. The molecule has 1 fully saturated rings. The van der Waals surface area contributed by atoms with Crippen LogP contribution in [0.4, 0.5) is 0 Å². The smallest absolute Gasteiger partial charge is 0.215 e. The van der Waals surface area contributed by atoms with E-state index in [0.717, 1.165) is 19.4 Å². The topological polar surface area (TPSA) is 72.6 Å². The second-order valence-electron chi connectivity index (χ2n) is 3.69. The van der Waals surface area contributed by atoms with Crippen molar-refractivity contribution < 1.29 is 13.2 Å². The molecule has 90 valence electrons. The average molecular weight is 236 g/mol. The van der Waals surface area contributed by atoms with Gasteiger partial charge in [-0.15, -0.1) is 0 Å². The van der Waals surface area contributed by atoms with Crippen LogP contribution >= 0.6 is 0 Å². The van der Waals surface area contributed by atoms with Crippen molar-refractivity contribution in [2.75, 3.05) is 32.0 Å². The molecule has 15 heavy (non-hydrogen) atoms. The Morgan fingerprint density at radius 1 is 1.53 bits per heavy atom. The highest BCUT2D eigenvalue weighted by Gasteiger charge is 2.25. The molecule has 1 aliphatic rings. The molecule has 1 saturated heterocycles. The quantitative estimate of drug-likeness (QED) is 0.692. The van der Waals surface area contributed by atoms with E-state index < -0.39 is 10.0 Å². The van der Waals surface area contributed by atoms with Gasteiger partial charge in [0.25, 0.3) is 0 Å². The van der Waals surface area contributed by atoms with E-state index in [9.17, 15) is 8.42 Å². The van der Waals surface area contributed by atoms with E-state index in [4.69, 9.17) is 10.5 Å². The maximum Gasteiger partial charge on any atom is 0.215 e. The molecule has 0 saturated carbocycles. The minimum atomic E-state index is -3.18. The highest BCUT2D eigenvalue weighted by Crippen LogP contribution is 2.15. The van der Waals surface area contributed by atoms with Crippen LogP contribution in [0.25, 0.3) is 0 Å². The maximum atomic E-state index is 11.7. The number of hydrogen-bond acceptors (Lipinski definition) is 4. The zero-order valence-electron chi connectivity index (χ0n) is 9.18. The summed E-state index contributed by atoms with van der Waals surface area (Å²) >= 11 is 0. The number of ether oxygens (including phenoxy) is 1. The fourth-order valence-electron chi connectivity index (χ4n) is 1.73. The van der Waals surface area contributed by atoms with Gasteiger partial charge in [0.2, 0.25) is 10.0 Å². The van der Waals surface area contributed by atoms with Gasteiger partial charge in [0.05, 0.1) is 11.9 Å². The average Bonchev–Trinajstić information content (AvgIpc) is 2.66. The molecule has 0 radical (unpaired) electrons. The predicted molar refractivity (Wildman–Crippen MR) is 59.1 cm³/mol. The Morgan fingerprint density at radius 3 is 2.73 bits per heavy atom. The molecule has 6 heteroatoms. The number of nitrogens with zero attached hydrogens (tertiary/aromatic N) is 1. The molecule has 0 aliphatic carbocycles. The Labute approximate surface area is 91.6 Å². The summed E-state index contributed by atoms with van der Waals surface area (Å²) in [6.07, 6.45) is 2.05. The van der Waals surface area contributed by atoms with Crippen molar-refractivity contribution in [3.05, 3.63) is 0 Å². The van der Waals surface area contributed by atoms with Crippen LogP contribution in [0.1, 0.15) is 19.8 Å². The molecule has 0 aromatic rings. The minimum Gasteiger partial charge on any atom is -0.377 e. The number of nitrogens with two attached hydrogens (primary N) is 1. The minimum absolute atomic E-state index is 0.0214. The summed E-state index contributed by atoms with van der Waals surface area (Å²) < 4.78 is 30.4. The lowest BCUT2D eigenvalue weighted by Gasteiger charge is -2.22. The van der Waals surface area contributed by atoms with E-state index in [1.165, 1.54) is 4.31 Å². The molecule has 1 aliphatic heterocycles. The first-order valence-corrected chi connectivity index (χ1v) is 7.00. The van der Waals surface area contributed by atoms with Gasteiger partial charge in [-0.1, -0.05) is 6.92 Å². The summed E-state index contributed by atoms with van der Waals surface area (Å²) in [5, 5.41) is 0. The van der Waals surface area contributed by atoms with Gasteiger partial charge < -0.3 is 10.5 Å².